The minimum absolute atomic E-state index is 0.0539. The normalized spacial score (nSPS) is 17.6. The zero-order valence-electron chi connectivity index (χ0n) is 12.4. The maximum atomic E-state index is 13.2. The Morgan fingerprint density at radius 3 is 2.65 bits per heavy atom. The Morgan fingerprint density at radius 2 is 2.00 bits per heavy atom. The highest BCUT2D eigenvalue weighted by Gasteiger charge is 2.31. The summed E-state index contributed by atoms with van der Waals surface area (Å²) in [6.45, 7) is 1.98. The summed E-state index contributed by atoms with van der Waals surface area (Å²) >= 11 is 3.27. The average molecular weight is 343 g/mol. The molecule has 0 saturated carbocycles. The standard InChI is InChI=1S/C17H14FN3S2/c1-11-10-23-17(19-11)21-15(12-4-6-13(18)7-5-12)9-14(20-21)16-3-2-8-22-16/h2-8,10,15H,9H2,1H3. The first kappa shape index (κ1) is 14.5. The number of hydrogen-bond acceptors (Lipinski definition) is 5. The molecule has 1 aliphatic heterocycles. The maximum absolute atomic E-state index is 13.2. The fourth-order valence-electron chi connectivity index (χ4n) is 2.67. The molecule has 1 atom stereocenters. The molecule has 1 aliphatic rings. The molecule has 0 amide bonds. The van der Waals surface area contributed by atoms with Crippen LogP contribution in [0, 0.1) is 12.7 Å². The summed E-state index contributed by atoms with van der Waals surface area (Å²) in [5, 5.41) is 11.7. The number of rotatable bonds is 3. The number of aryl methyl sites for hydroxylation is 1. The van der Waals surface area contributed by atoms with E-state index < -0.39 is 0 Å². The molecule has 3 nitrogen and oxygen atoms in total. The first-order valence-electron chi connectivity index (χ1n) is 7.29. The number of aromatic nitrogens is 1. The van der Waals surface area contributed by atoms with E-state index in [-0.39, 0.29) is 11.9 Å². The number of thiazole rings is 1. The van der Waals surface area contributed by atoms with Crippen molar-refractivity contribution < 1.29 is 4.39 Å². The van der Waals surface area contributed by atoms with Gasteiger partial charge in [0.15, 0.2) is 0 Å². The van der Waals surface area contributed by atoms with E-state index in [1.165, 1.54) is 17.0 Å². The minimum Gasteiger partial charge on any atom is -0.231 e. The van der Waals surface area contributed by atoms with Crippen molar-refractivity contribution in [2.75, 3.05) is 5.01 Å². The predicted molar refractivity (Wildman–Crippen MR) is 93.9 cm³/mol. The second-order valence-electron chi connectivity index (χ2n) is 5.41. The Labute approximate surface area is 141 Å². The third-order valence-electron chi connectivity index (χ3n) is 3.77. The summed E-state index contributed by atoms with van der Waals surface area (Å²) in [4.78, 5) is 5.74. The lowest BCUT2D eigenvalue weighted by Crippen LogP contribution is -2.18. The molecule has 3 heterocycles. The van der Waals surface area contributed by atoms with E-state index in [2.05, 4.69) is 16.4 Å². The number of halogens is 1. The van der Waals surface area contributed by atoms with Gasteiger partial charge in [0.05, 0.1) is 22.3 Å². The first-order chi connectivity index (χ1) is 11.2. The molecule has 2 aromatic heterocycles. The van der Waals surface area contributed by atoms with Gasteiger partial charge in [-0.05, 0) is 36.1 Å². The molecule has 23 heavy (non-hydrogen) atoms. The summed E-state index contributed by atoms with van der Waals surface area (Å²) < 4.78 is 13.2. The molecule has 1 unspecified atom stereocenters. The van der Waals surface area contributed by atoms with Crippen LogP contribution in [0.25, 0.3) is 0 Å². The van der Waals surface area contributed by atoms with Crippen LogP contribution in [-0.4, -0.2) is 10.7 Å². The minimum atomic E-state index is -0.220. The molecule has 0 fully saturated rings. The van der Waals surface area contributed by atoms with Gasteiger partial charge in [-0.2, -0.15) is 5.10 Å². The number of anilines is 1. The lowest BCUT2D eigenvalue weighted by molar-refractivity contribution is 0.624. The Hall–Kier alpha value is -2.05. The van der Waals surface area contributed by atoms with Crippen molar-refractivity contribution in [2.24, 2.45) is 5.10 Å². The third kappa shape index (κ3) is 2.80. The zero-order valence-corrected chi connectivity index (χ0v) is 14.1. The number of nitrogens with zero attached hydrogens (tertiary/aromatic N) is 3. The van der Waals surface area contributed by atoms with E-state index in [9.17, 15) is 4.39 Å². The van der Waals surface area contributed by atoms with E-state index in [1.807, 2.05) is 35.5 Å². The van der Waals surface area contributed by atoms with Gasteiger partial charge in [0.1, 0.15) is 5.82 Å². The van der Waals surface area contributed by atoms with Gasteiger partial charge < -0.3 is 0 Å². The smallest absolute Gasteiger partial charge is 0.206 e. The van der Waals surface area contributed by atoms with Gasteiger partial charge in [-0.25, -0.2) is 14.4 Å². The summed E-state index contributed by atoms with van der Waals surface area (Å²) in [7, 11) is 0. The van der Waals surface area contributed by atoms with Gasteiger partial charge >= 0.3 is 0 Å². The SMILES string of the molecule is Cc1csc(N2N=C(c3cccs3)CC2c2ccc(F)cc2)n1. The summed E-state index contributed by atoms with van der Waals surface area (Å²) in [5.74, 6) is -0.220. The van der Waals surface area contributed by atoms with Crippen molar-refractivity contribution in [2.45, 2.75) is 19.4 Å². The van der Waals surface area contributed by atoms with E-state index in [0.29, 0.717) is 0 Å². The second kappa shape index (κ2) is 5.86. The van der Waals surface area contributed by atoms with Crippen LogP contribution < -0.4 is 5.01 Å². The lowest BCUT2D eigenvalue weighted by Gasteiger charge is -2.21. The van der Waals surface area contributed by atoms with Crippen LogP contribution in [0.1, 0.15) is 28.6 Å². The highest BCUT2D eigenvalue weighted by Crippen LogP contribution is 2.38. The van der Waals surface area contributed by atoms with Crippen LogP contribution >= 0.6 is 22.7 Å². The molecule has 116 valence electrons. The highest BCUT2D eigenvalue weighted by molar-refractivity contribution is 7.13. The Bertz CT molecular complexity index is 837. The monoisotopic (exact) mass is 343 g/mol. The van der Waals surface area contributed by atoms with Crippen molar-refractivity contribution in [3.63, 3.8) is 0 Å². The largest absolute Gasteiger partial charge is 0.231 e. The van der Waals surface area contributed by atoms with Crippen LogP contribution in [0.5, 0.6) is 0 Å². The molecule has 0 N–H and O–H groups in total. The maximum Gasteiger partial charge on any atom is 0.206 e. The predicted octanol–water partition coefficient (Wildman–Crippen LogP) is 5.01. The molecular formula is C17H14FN3S2. The lowest BCUT2D eigenvalue weighted by atomic mass is 10.0. The summed E-state index contributed by atoms with van der Waals surface area (Å²) in [6, 6.07) is 10.8. The molecule has 0 bridgehead atoms. The number of hydrazone groups is 1. The quantitative estimate of drug-likeness (QED) is 0.669. The third-order valence-corrected chi connectivity index (χ3v) is 5.64. The van der Waals surface area contributed by atoms with Crippen LogP contribution in [0.2, 0.25) is 0 Å². The summed E-state index contributed by atoms with van der Waals surface area (Å²) in [5.41, 5.74) is 3.10. The number of thiophene rings is 1. The molecule has 6 heteroatoms. The number of hydrogen-bond donors (Lipinski definition) is 0. The molecule has 0 saturated heterocycles. The fraction of sp³-hybridized carbons (Fsp3) is 0.176. The van der Waals surface area contributed by atoms with Crippen molar-refractivity contribution in [1.82, 2.24) is 4.98 Å². The van der Waals surface area contributed by atoms with Crippen molar-refractivity contribution in [3.05, 3.63) is 69.1 Å². The van der Waals surface area contributed by atoms with Crippen LogP contribution in [0.3, 0.4) is 0 Å². The van der Waals surface area contributed by atoms with Gasteiger partial charge in [-0.1, -0.05) is 18.2 Å². The fourth-order valence-corrected chi connectivity index (χ4v) is 4.19. The van der Waals surface area contributed by atoms with Gasteiger partial charge in [-0.3, -0.25) is 0 Å². The highest BCUT2D eigenvalue weighted by atomic mass is 32.1. The molecule has 0 spiro atoms. The Kier molecular flexibility index (Phi) is 3.71. The number of benzene rings is 1. The van der Waals surface area contributed by atoms with Gasteiger partial charge in [-0.15, -0.1) is 22.7 Å². The molecule has 0 radical (unpaired) electrons. The zero-order chi connectivity index (χ0) is 15.8. The van der Waals surface area contributed by atoms with E-state index in [0.717, 1.165) is 28.5 Å². The molecular weight excluding hydrogens is 329 g/mol. The Morgan fingerprint density at radius 1 is 1.17 bits per heavy atom. The van der Waals surface area contributed by atoms with Crippen LogP contribution in [0.4, 0.5) is 9.52 Å². The van der Waals surface area contributed by atoms with E-state index >= 15 is 0 Å². The van der Waals surface area contributed by atoms with Crippen molar-refractivity contribution in [1.29, 1.82) is 0 Å². The topological polar surface area (TPSA) is 28.5 Å². The van der Waals surface area contributed by atoms with E-state index in [1.54, 1.807) is 22.7 Å². The average Bonchev–Trinajstić information content (AvgIpc) is 3.27. The molecule has 3 aromatic rings. The molecule has 4 rings (SSSR count). The summed E-state index contributed by atoms with van der Waals surface area (Å²) in [6.07, 6.45) is 0.796. The van der Waals surface area contributed by atoms with Crippen molar-refractivity contribution in [3.8, 4) is 0 Å². The van der Waals surface area contributed by atoms with E-state index in [4.69, 9.17) is 5.10 Å². The first-order valence-corrected chi connectivity index (χ1v) is 9.05. The molecule has 0 aliphatic carbocycles. The van der Waals surface area contributed by atoms with Gasteiger partial charge in [0, 0.05) is 11.8 Å². The second-order valence-corrected chi connectivity index (χ2v) is 7.20. The van der Waals surface area contributed by atoms with Crippen LogP contribution in [0.15, 0.2) is 52.3 Å². The molecule has 1 aromatic carbocycles. The van der Waals surface area contributed by atoms with Gasteiger partial charge in [0.2, 0.25) is 5.13 Å². The Balaban J connectivity index is 1.74. The van der Waals surface area contributed by atoms with Crippen LogP contribution in [-0.2, 0) is 0 Å². The van der Waals surface area contributed by atoms with Gasteiger partial charge in [0.25, 0.3) is 0 Å². The van der Waals surface area contributed by atoms with Crippen molar-refractivity contribution >= 4 is 33.5 Å².